The highest BCUT2D eigenvalue weighted by molar-refractivity contribution is 5.97. The molecule has 2 aromatic carbocycles. The number of rotatable bonds is 2. The number of halogens is 2. The Bertz CT molecular complexity index is 1400. The summed E-state index contributed by atoms with van der Waals surface area (Å²) < 4.78 is 57.3. The van der Waals surface area contributed by atoms with Crippen LogP contribution in [-0.4, -0.2) is 33.9 Å². The molecule has 3 aliphatic rings. The van der Waals surface area contributed by atoms with E-state index in [1.54, 1.807) is 0 Å². The van der Waals surface area contributed by atoms with Gasteiger partial charge in [-0.1, -0.05) is 17.9 Å². The maximum atomic E-state index is 13.4. The van der Waals surface area contributed by atoms with E-state index < -0.39 is 31.6 Å². The lowest BCUT2D eigenvalue weighted by Crippen LogP contribution is -2.30. The van der Waals surface area contributed by atoms with E-state index in [9.17, 15) is 13.6 Å². The van der Waals surface area contributed by atoms with Crippen LogP contribution in [0.15, 0.2) is 36.4 Å². The van der Waals surface area contributed by atoms with Crippen LogP contribution in [0.1, 0.15) is 62.8 Å². The maximum Gasteiger partial charge on any atom is 0.387 e. The molecule has 0 unspecified atom stereocenters. The van der Waals surface area contributed by atoms with Crippen LogP contribution in [0.2, 0.25) is 0 Å². The number of hydrogen-bond acceptors (Lipinski definition) is 3. The second-order valence-electron chi connectivity index (χ2n) is 8.13. The van der Waals surface area contributed by atoms with Gasteiger partial charge in [-0.3, -0.25) is 4.79 Å². The minimum Gasteiger partial charge on any atom is -0.434 e. The van der Waals surface area contributed by atoms with Gasteiger partial charge in [0, 0.05) is 40.1 Å². The highest BCUT2D eigenvalue weighted by Gasteiger charge is 2.45. The van der Waals surface area contributed by atoms with Gasteiger partial charge in [-0.25, -0.2) is 4.98 Å². The molecule has 5 nitrogen and oxygen atoms in total. The molecule has 1 saturated carbocycles. The lowest BCUT2D eigenvalue weighted by molar-refractivity contribution is -0.0507. The molecule has 2 bridgehead atoms. The Morgan fingerprint density at radius 3 is 2.90 bits per heavy atom. The Hall–Kier alpha value is -3.40. The third-order valence-corrected chi connectivity index (χ3v) is 6.15. The van der Waals surface area contributed by atoms with E-state index in [-0.39, 0.29) is 23.3 Å². The molecule has 1 aromatic heterocycles. The summed E-state index contributed by atoms with van der Waals surface area (Å²) in [6.07, 6.45) is 2.39. The fourth-order valence-electron chi connectivity index (χ4n) is 4.60. The average molecular weight is 422 g/mol. The van der Waals surface area contributed by atoms with Crippen molar-refractivity contribution in [2.75, 3.05) is 6.98 Å². The van der Waals surface area contributed by atoms with E-state index >= 15 is 0 Å². The highest BCUT2D eigenvalue weighted by atomic mass is 19.3. The number of imidazole rings is 1. The third kappa shape index (κ3) is 2.82. The Morgan fingerprint density at radius 1 is 1.26 bits per heavy atom. The van der Waals surface area contributed by atoms with Crippen molar-refractivity contribution in [2.45, 2.75) is 38.0 Å². The van der Waals surface area contributed by atoms with Gasteiger partial charge in [0.05, 0.1) is 23.1 Å². The number of benzene rings is 2. The highest BCUT2D eigenvalue weighted by Crippen LogP contribution is 2.49. The van der Waals surface area contributed by atoms with E-state index in [1.165, 1.54) is 18.2 Å². The van der Waals surface area contributed by atoms with E-state index in [1.807, 2.05) is 22.8 Å². The summed E-state index contributed by atoms with van der Waals surface area (Å²) in [5.41, 5.74) is 2.41. The Morgan fingerprint density at radius 2 is 2.13 bits per heavy atom. The molecule has 7 heteroatoms. The van der Waals surface area contributed by atoms with Crippen LogP contribution in [-0.2, 0) is 0 Å². The number of fused-ring (bicyclic) bond motifs is 9. The second-order valence-corrected chi connectivity index (χ2v) is 8.13. The van der Waals surface area contributed by atoms with Crippen molar-refractivity contribution >= 4 is 16.9 Å². The lowest BCUT2D eigenvalue weighted by atomic mass is 9.97. The monoisotopic (exact) mass is 422 g/mol. The van der Waals surface area contributed by atoms with Gasteiger partial charge < -0.3 is 14.2 Å². The van der Waals surface area contributed by atoms with Crippen molar-refractivity contribution in [2.24, 2.45) is 5.92 Å². The number of hydrogen-bond donors (Lipinski definition) is 0. The zero-order chi connectivity index (χ0) is 23.8. The molecular formula is C24H19F2N3O2. The van der Waals surface area contributed by atoms with Gasteiger partial charge in [0.1, 0.15) is 11.6 Å². The molecule has 31 heavy (non-hydrogen) atoms. The van der Waals surface area contributed by atoms with Crippen molar-refractivity contribution in [1.29, 1.82) is 0 Å². The van der Waals surface area contributed by atoms with E-state index in [2.05, 4.69) is 16.8 Å². The van der Waals surface area contributed by atoms with Crippen LogP contribution in [0.5, 0.6) is 5.75 Å². The van der Waals surface area contributed by atoms with Crippen molar-refractivity contribution in [1.82, 2.24) is 14.5 Å². The van der Waals surface area contributed by atoms with Gasteiger partial charge >= 0.3 is 6.61 Å². The second kappa shape index (κ2) is 6.55. The molecule has 0 saturated heterocycles. The molecule has 156 valence electrons. The largest absolute Gasteiger partial charge is 0.434 e. The molecule has 0 spiro atoms. The Kier molecular flexibility index (Phi) is 3.25. The molecule has 6 rings (SSSR count). The quantitative estimate of drug-likeness (QED) is 0.571. The molecule has 0 radical (unpaired) electrons. The summed E-state index contributed by atoms with van der Waals surface area (Å²) in [4.78, 5) is 18.9. The molecule has 0 N–H and O–H groups in total. The van der Waals surface area contributed by atoms with Crippen LogP contribution >= 0.6 is 0 Å². The number of nitrogens with zero attached hydrogens (tertiary/aromatic N) is 3. The predicted octanol–water partition coefficient (Wildman–Crippen LogP) is 4.52. The van der Waals surface area contributed by atoms with Crippen molar-refractivity contribution in [3.8, 4) is 17.6 Å². The third-order valence-electron chi connectivity index (χ3n) is 6.15. The van der Waals surface area contributed by atoms with Crippen LogP contribution in [0, 0.1) is 17.8 Å². The van der Waals surface area contributed by atoms with Crippen LogP contribution in [0.3, 0.4) is 0 Å². The first-order valence-corrected chi connectivity index (χ1v) is 10.2. The fourth-order valence-corrected chi connectivity index (χ4v) is 4.60. The standard InChI is InChI=1S/C24H19F2N3O2/c1-28-19-12-18(21-15(23(28)30)3-2-4-20(21)31-24(25)26)29-17-11-14(8-7-13-5-6-13)9-10-16(17)27-22(19)29/h2-4,9-11,13,18-19,24H,5-6,12H2,1H3/t18-,19-/m1/s1/i1D3. The summed E-state index contributed by atoms with van der Waals surface area (Å²) >= 11 is 0. The number of amides is 1. The summed E-state index contributed by atoms with van der Waals surface area (Å²) in [6.45, 7) is -5.84. The van der Waals surface area contributed by atoms with Gasteiger partial charge in [0.2, 0.25) is 0 Å². The van der Waals surface area contributed by atoms with Crippen LogP contribution < -0.4 is 4.74 Å². The molecular weight excluding hydrogens is 400 g/mol. The molecule has 2 atom stereocenters. The molecule has 3 heterocycles. The van der Waals surface area contributed by atoms with Gasteiger partial charge in [-0.15, -0.1) is 0 Å². The lowest BCUT2D eigenvalue weighted by Gasteiger charge is -2.24. The summed E-state index contributed by atoms with van der Waals surface area (Å²) in [7, 11) is 0. The molecule has 3 aromatic rings. The predicted molar refractivity (Wildman–Crippen MR) is 110 cm³/mol. The number of aromatic nitrogens is 2. The van der Waals surface area contributed by atoms with Crippen molar-refractivity contribution < 1.29 is 22.4 Å². The van der Waals surface area contributed by atoms with E-state index in [0.717, 1.165) is 23.3 Å². The van der Waals surface area contributed by atoms with Gasteiger partial charge in [-0.05, 0) is 43.2 Å². The Balaban J connectivity index is 1.60. The number of ether oxygens (including phenoxy) is 1. The first-order valence-electron chi connectivity index (χ1n) is 11.7. The summed E-state index contributed by atoms with van der Waals surface area (Å²) in [5, 5.41) is 0. The van der Waals surface area contributed by atoms with Gasteiger partial charge in [0.25, 0.3) is 5.91 Å². The Labute approximate surface area is 181 Å². The number of alkyl halides is 2. The smallest absolute Gasteiger partial charge is 0.387 e. The number of carbonyl (C=O) groups is 1. The first kappa shape index (κ1) is 15.4. The average Bonchev–Trinajstić information content (AvgIpc) is 3.45. The van der Waals surface area contributed by atoms with E-state index in [0.29, 0.717) is 22.8 Å². The zero-order valence-corrected chi connectivity index (χ0v) is 16.3. The first-order chi connectivity index (χ1) is 16.2. The maximum absolute atomic E-state index is 13.4. The van der Waals surface area contributed by atoms with Crippen LogP contribution in [0.25, 0.3) is 11.0 Å². The van der Waals surface area contributed by atoms with Crippen molar-refractivity contribution in [3.63, 3.8) is 0 Å². The topological polar surface area (TPSA) is 47.4 Å². The fraction of sp³-hybridized carbons (Fsp3) is 0.333. The van der Waals surface area contributed by atoms with Gasteiger partial charge in [-0.2, -0.15) is 8.78 Å². The molecule has 1 aliphatic carbocycles. The molecule has 1 amide bonds. The normalized spacial score (nSPS) is 23.4. The number of carbonyl (C=O) groups excluding carboxylic acids is 1. The van der Waals surface area contributed by atoms with E-state index in [4.69, 9.17) is 8.85 Å². The van der Waals surface area contributed by atoms with Crippen molar-refractivity contribution in [3.05, 3.63) is 58.9 Å². The van der Waals surface area contributed by atoms with Crippen LogP contribution in [0.4, 0.5) is 8.78 Å². The SMILES string of the molecule is [2H]C([2H])([2H])N1C(=O)c2cccc(OC(F)F)c2[C@H]2C[C@@H]1c1nc3ccc(C#CC4CC4)cc3n12. The summed E-state index contributed by atoms with van der Waals surface area (Å²) in [5.74, 6) is 6.34. The molecule has 2 aliphatic heterocycles. The van der Waals surface area contributed by atoms with Gasteiger partial charge in [0.15, 0.2) is 0 Å². The summed E-state index contributed by atoms with van der Waals surface area (Å²) in [6, 6.07) is 8.37. The minimum absolute atomic E-state index is 0.0407. The molecule has 1 fully saturated rings. The minimum atomic E-state index is -3.09. The zero-order valence-electron chi connectivity index (χ0n) is 19.3.